The maximum atomic E-state index is 12.1. The maximum Gasteiger partial charge on any atom is 0.173 e. The number of benzene rings is 1. The minimum absolute atomic E-state index is 0.193. The summed E-state index contributed by atoms with van der Waals surface area (Å²) in [6, 6.07) is 8.07. The fourth-order valence-corrected chi connectivity index (χ4v) is 4.35. The van der Waals surface area contributed by atoms with Crippen molar-refractivity contribution in [3.05, 3.63) is 29.8 Å². The summed E-state index contributed by atoms with van der Waals surface area (Å²) in [5.74, 6) is 1.74. The lowest BCUT2D eigenvalue weighted by molar-refractivity contribution is 0.102. The van der Waals surface area contributed by atoms with E-state index in [0.29, 0.717) is 5.75 Å². The van der Waals surface area contributed by atoms with Crippen LogP contribution in [-0.2, 0) is 0 Å². The third-order valence-corrected chi connectivity index (χ3v) is 5.80. The zero-order chi connectivity index (χ0) is 13.8. The van der Waals surface area contributed by atoms with Gasteiger partial charge in [-0.2, -0.15) is 0 Å². The summed E-state index contributed by atoms with van der Waals surface area (Å²) >= 11 is 3.32. The molecule has 1 aromatic rings. The zero-order valence-corrected chi connectivity index (χ0v) is 13.0. The first-order valence-electron chi connectivity index (χ1n) is 7.01. The number of carbonyl (C=O) groups excluding carboxylic acids is 1. The van der Waals surface area contributed by atoms with E-state index in [1.165, 1.54) is 18.5 Å². The highest BCUT2D eigenvalue weighted by molar-refractivity contribution is 8.39. The van der Waals surface area contributed by atoms with Crippen molar-refractivity contribution in [2.75, 3.05) is 36.0 Å². The number of carbonyl (C=O) groups is 1. The summed E-state index contributed by atoms with van der Waals surface area (Å²) < 4.78 is 1.06. The van der Waals surface area contributed by atoms with Crippen LogP contribution in [0.2, 0.25) is 0 Å². The average molecular weight is 306 g/mol. The van der Waals surface area contributed by atoms with Crippen LogP contribution in [0, 0.1) is 0 Å². The number of hydrogen-bond donors (Lipinski definition) is 0. The van der Waals surface area contributed by atoms with E-state index >= 15 is 0 Å². The Bertz CT molecular complexity index is 507. The molecule has 2 heterocycles. The Morgan fingerprint density at radius 3 is 2.65 bits per heavy atom. The average Bonchev–Trinajstić information content (AvgIpc) is 3.18. The smallest absolute Gasteiger partial charge is 0.173 e. The van der Waals surface area contributed by atoms with Gasteiger partial charge in [0.15, 0.2) is 5.78 Å². The Hall–Kier alpha value is -0.940. The van der Waals surface area contributed by atoms with Crippen LogP contribution < -0.4 is 4.90 Å². The van der Waals surface area contributed by atoms with Gasteiger partial charge in [-0.3, -0.25) is 9.79 Å². The molecular formula is C15H18N2OS2. The van der Waals surface area contributed by atoms with Crippen molar-refractivity contribution in [1.82, 2.24) is 0 Å². The summed E-state index contributed by atoms with van der Waals surface area (Å²) in [6.45, 7) is 3.17. The van der Waals surface area contributed by atoms with Crippen molar-refractivity contribution in [2.24, 2.45) is 4.99 Å². The molecule has 2 aliphatic rings. The van der Waals surface area contributed by atoms with Gasteiger partial charge >= 0.3 is 0 Å². The van der Waals surface area contributed by atoms with Gasteiger partial charge in [0.2, 0.25) is 0 Å². The topological polar surface area (TPSA) is 32.7 Å². The molecule has 20 heavy (non-hydrogen) atoms. The fraction of sp³-hybridized carbons (Fsp3) is 0.467. The molecule has 0 saturated carbocycles. The molecule has 0 atom stereocenters. The highest BCUT2D eigenvalue weighted by atomic mass is 32.2. The van der Waals surface area contributed by atoms with Crippen molar-refractivity contribution in [1.29, 1.82) is 0 Å². The second-order valence-corrected chi connectivity index (χ2v) is 7.26. The van der Waals surface area contributed by atoms with E-state index in [0.717, 1.165) is 35.3 Å². The van der Waals surface area contributed by atoms with Crippen molar-refractivity contribution in [3.8, 4) is 0 Å². The Morgan fingerprint density at radius 1 is 1.25 bits per heavy atom. The standard InChI is InChI=1S/C15H18N2OS2/c18-14(11-20-15-16-7-10-19-15)12-3-5-13(6-4-12)17-8-1-2-9-17/h3-6H,1-2,7-11H2. The van der Waals surface area contributed by atoms with Crippen LogP contribution in [0.3, 0.4) is 0 Å². The monoisotopic (exact) mass is 306 g/mol. The van der Waals surface area contributed by atoms with E-state index in [9.17, 15) is 4.79 Å². The number of aliphatic imine (C=N–C) groups is 1. The number of rotatable bonds is 4. The predicted octanol–water partition coefficient (Wildman–Crippen LogP) is 3.31. The van der Waals surface area contributed by atoms with Gasteiger partial charge in [-0.15, -0.1) is 0 Å². The third kappa shape index (κ3) is 3.38. The van der Waals surface area contributed by atoms with Gasteiger partial charge < -0.3 is 4.90 Å². The van der Waals surface area contributed by atoms with Crippen molar-refractivity contribution in [2.45, 2.75) is 12.8 Å². The normalized spacial score (nSPS) is 18.4. The molecule has 1 aromatic carbocycles. The van der Waals surface area contributed by atoms with E-state index in [2.05, 4.69) is 22.0 Å². The van der Waals surface area contributed by atoms with Gasteiger partial charge in [-0.25, -0.2) is 0 Å². The van der Waals surface area contributed by atoms with E-state index in [1.807, 2.05) is 12.1 Å². The van der Waals surface area contributed by atoms with Gasteiger partial charge in [0.25, 0.3) is 0 Å². The second kappa shape index (κ2) is 6.68. The summed E-state index contributed by atoms with van der Waals surface area (Å²) in [5, 5.41) is 0. The Balaban J connectivity index is 1.57. The molecule has 2 aliphatic heterocycles. The molecule has 1 fully saturated rings. The van der Waals surface area contributed by atoms with Crippen LogP contribution in [0.1, 0.15) is 23.2 Å². The lowest BCUT2D eigenvalue weighted by atomic mass is 10.1. The molecule has 0 N–H and O–H groups in total. The summed E-state index contributed by atoms with van der Waals surface area (Å²) in [7, 11) is 0. The summed E-state index contributed by atoms with van der Waals surface area (Å²) in [5.41, 5.74) is 2.05. The van der Waals surface area contributed by atoms with Crippen LogP contribution in [-0.4, -0.2) is 41.3 Å². The lowest BCUT2D eigenvalue weighted by Crippen LogP contribution is -2.17. The molecule has 0 amide bonds. The molecule has 0 unspecified atom stereocenters. The molecule has 3 rings (SSSR count). The number of anilines is 1. The molecule has 0 aliphatic carbocycles. The van der Waals surface area contributed by atoms with E-state index < -0.39 is 0 Å². The van der Waals surface area contributed by atoms with E-state index in [-0.39, 0.29) is 5.78 Å². The van der Waals surface area contributed by atoms with Crippen LogP contribution in [0.15, 0.2) is 29.3 Å². The van der Waals surface area contributed by atoms with Gasteiger partial charge in [0, 0.05) is 30.1 Å². The van der Waals surface area contributed by atoms with E-state index in [1.54, 1.807) is 23.5 Å². The molecule has 106 valence electrons. The fourth-order valence-electron chi connectivity index (χ4n) is 2.45. The van der Waals surface area contributed by atoms with Gasteiger partial charge in [-0.05, 0) is 37.1 Å². The molecular weight excluding hydrogens is 288 g/mol. The summed E-state index contributed by atoms with van der Waals surface area (Å²) in [4.78, 5) is 18.9. The highest BCUT2D eigenvalue weighted by Crippen LogP contribution is 2.24. The third-order valence-electron chi connectivity index (χ3n) is 3.54. The number of nitrogens with zero attached hydrogens (tertiary/aromatic N) is 2. The number of thioether (sulfide) groups is 2. The Labute approximate surface area is 128 Å². The van der Waals surface area contributed by atoms with Gasteiger partial charge in [-0.1, -0.05) is 23.5 Å². The van der Waals surface area contributed by atoms with Crippen molar-refractivity contribution in [3.63, 3.8) is 0 Å². The molecule has 5 heteroatoms. The second-order valence-electron chi connectivity index (χ2n) is 4.95. The number of Topliss-reactive ketones (excluding diaryl/α,β-unsaturated/α-hetero) is 1. The molecule has 3 nitrogen and oxygen atoms in total. The molecule has 1 saturated heterocycles. The zero-order valence-electron chi connectivity index (χ0n) is 11.4. The van der Waals surface area contributed by atoms with Crippen LogP contribution in [0.25, 0.3) is 0 Å². The molecule has 0 spiro atoms. The maximum absolute atomic E-state index is 12.1. The quantitative estimate of drug-likeness (QED) is 0.799. The Kier molecular flexibility index (Phi) is 4.68. The molecule has 0 bridgehead atoms. The number of ketones is 1. The largest absolute Gasteiger partial charge is 0.372 e. The first-order valence-corrected chi connectivity index (χ1v) is 8.98. The summed E-state index contributed by atoms with van der Waals surface area (Å²) in [6.07, 6.45) is 2.55. The first kappa shape index (κ1) is 14.0. The van der Waals surface area contributed by atoms with Crippen LogP contribution >= 0.6 is 23.5 Å². The molecule has 0 radical (unpaired) electrons. The minimum atomic E-state index is 0.193. The highest BCUT2D eigenvalue weighted by Gasteiger charge is 2.14. The van der Waals surface area contributed by atoms with Gasteiger partial charge in [0.1, 0.15) is 4.38 Å². The number of hydrogen-bond acceptors (Lipinski definition) is 5. The first-order chi connectivity index (χ1) is 9.83. The minimum Gasteiger partial charge on any atom is -0.372 e. The van der Waals surface area contributed by atoms with Crippen LogP contribution in [0.5, 0.6) is 0 Å². The Morgan fingerprint density at radius 2 is 2.00 bits per heavy atom. The SMILES string of the molecule is O=C(CSC1=NCCS1)c1ccc(N2CCCC2)cc1. The lowest BCUT2D eigenvalue weighted by Gasteiger charge is -2.17. The predicted molar refractivity (Wildman–Crippen MR) is 89.4 cm³/mol. The van der Waals surface area contributed by atoms with Crippen LogP contribution in [0.4, 0.5) is 5.69 Å². The van der Waals surface area contributed by atoms with Crippen molar-refractivity contribution < 1.29 is 4.79 Å². The van der Waals surface area contributed by atoms with Crippen molar-refractivity contribution >= 4 is 39.4 Å². The molecule has 0 aromatic heterocycles. The van der Waals surface area contributed by atoms with Gasteiger partial charge in [0.05, 0.1) is 12.3 Å². The van der Waals surface area contributed by atoms with E-state index in [4.69, 9.17) is 0 Å².